The van der Waals surface area contributed by atoms with Crippen LogP contribution in [-0.2, 0) is 35.3 Å². The van der Waals surface area contributed by atoms with Crippen LogP contribution in [0, 0.1) is 0 Å². The quantitative estimate of drug-likeness (QED) is 0.784. The number of hydrogen-bond donors (Lipinski definition) is 0. The summed E-state index contributed by atoms with van der Waals surface area (Å²) in [6.45, 7) is 6.74. The van der Waals surface area contributed by atoms with Gasteiger partial charge in [0, 0.05) is 30.6 Å². The summed E-state index contributed by atoms with van der Waals surface area (Å²) in [4.78, 5) is 0. The van der Waals surface area contributed by atoms with E-state index in [1.165, 1.54) is 17.0 Å². The van der Waals surface area contributed by atoms with E-state index in [1.54, 1.807) is 0 Å². The summed E-state index contributed by atoms with van der Waals surface area (Å²) in [5, 5.41) is 4.69. The molecular weight excluding hydrogens is 216 g/mol. The van der Waals surface area contributed by atoms with Gasteiger partial charge in [-0.05, 0) is 19.8 Å². The average molecular weight is 236 g/mol. The third kappa shape index (κ3) is 1.70. The monoisotopic (exact) mass is 236 g/mol. The lowest BCUT2D eigenvalue weighted by atomic mass is 9.90. The van der Waals surface area contributed by atoms with Gasteiger partial charge < -0.3 is 9.47 Å². The van der Waals surface area contributed by atoms with Gasteiger partial charge in [0.15, 0.2) is 5.79 Å². The second-order valence-electron chi connectivity index (χ2n) is 4.83. The Morgan fingerprint density at radius 1 is 1.29 bits per heavy atom. The Hall–Kier alpha value is -0.870. The summed E-state index contributed by atoms with van der Waals surface area (Å²) in [5.74, 6) is -0.335. The molecule has 94 valence electrons. The second kappa shape index (κ2) is 4.10. The van der Waals surface area contributed by atoms with Crippen LogP contribution >= 0.6 is 0 Å². The van der Waals surface area contributed by atoms with Crippen molar-refractivity contribution < 1.29 is 9.47 Å². The first-order valence-electron chi connectivity index (χ1n) is 6.63. The maximum atomic E-state index is 5.82. The summed E-state index contributed by atoms with van der Waals surface area (Å²) >= 11 is 0. The molecule has 0 aromatic carbocycles. The number of aryl methyl sites for hydroxylation is 2. The number of ether oxygens (including phenoxy) is 2. The van der Waals surface area contributed by atoms with Crippen LogP contribution < -0.4 is 0 Å². The summed E-state index contributed by atoms with van der Waals surface area (Å²) in [6, 6.07) is 0. The van der Waals surface area contributed by atoms with Crippen LogP contribution in [0.5, 0.6) is 0 Å². The zero-order valence-electron chi connectivity index (χ0n) is 10.7. The molecule has 2 aliphatic rings. The molecule has 1 spiro atoms. The number of fused-ring (bicyclic) bond motifs is 1. The largest absolute Gasteiger partial charge is 0.347 e. The maximum absolute atomic E-state index is 5.82. The van der Waals surface area contributed by atoms with Gasteiger partial charge in [0.25, 0.3) is 0 Å². The van der Waals surface area contributed by atoms with Crippen LogP contribution in [0.15, 0.2) is 0 Å². The fraction of sp³-hybridized carbons (Fsp3) is 0.769. The van der Waals surface area contributed by atoms with Gasteiger partial charge in [-0.15, -0.1) is 0 Å². The lowest BCUT2D eigenvalue weighted by molar-refractivity contribution is -0.164. The van der Waals surface area contributed by atoms with Crippen molar-refractivity contribution in [2.75, 3.05) is 13.2 Å². The zero-order chi connectivity index (χ0) is 11.9. The molecule has 0 bridgehead atoms. The van der Waals surface area contributed by atoms with Crippen molar-refractivity contribution in [3.05, 3.63) is 17.0 Å². The number of rotatable bonds is 2. The highest BCUT2D eigenvalue weighted by Crippen LogP contribution is 2.36. The normalized spacial score (nSPS) is 22.0. The Kier molecular flexibility index (Phi) is 2.71. The van der Waals surface area contributed by atoms with Crippen LogP contribution in [0.2, 0.25) is 0 Å². The molecule has 0 saturated carbocycles. The van der Waals surface area contributed by atoms with Crippen molar-refractivity contribution in [1.29, 1.82) is 0 Å². The van der Waals surface area contributed by atoms with Crippen LogP contribution in [0.25, 0.3) is 0 Å². The van der Waals surface area contributed by atoms with E-state index in [1.807, 2.05) is 0 Å². The predicted octanol–water partition coefficient (Wildman–Crippen LogP) is 1.70. The Morgan fingerprint density at radius 3 is 2.71 bits per heavy atom. The Labute approximate surface area is 102 Å². The summed E-state index contributed by atoms with van der Waals surface area (Å²) in [7, 11) is 0. The fourth-order valence-corrected chi connectivity index (χ4v) is 3.03. The number of aromatic nitrogens is 2. The summed E-state index contributed by atoms with van der Waals surface area (Å²) < 4.78 is 13.8. The molecule has 0 amide bonds. The highest BCUT2D eigenvalue weighted by Gasteiger charge is 2.42. The molecule has 17 heavy (non-hydrogen) atoms. The maximum Gasteiger partial charge on any atom is 0.172 e. The highest BCUT2D eigenvalue weighted by molar-refractivity contribution is 5.31. The van der Waals surface area contributed by atoms with E-state index in [0.29, 0.717) is 0 Å². The lowest BCUT2D eigenvalue weighted by Gasteiger charge is -2.31. The molecule has 1 aliphatic carbocycles. The van der Waals surface area contributed by atoms with E-state index in [4.69, 9.17) is 9.47 Å². The first-order chi connectivity index (χ1) is 8.28. The molecule has 1 aromatic heterocycles. The average Bonchev–Trinajstić information content (AvgIpc) is 2.94. The molecule has 4 heteroatoms. The Bertz CT molecular complexity index is 419. The van der Waals surface area contributed by atoms with Gasteiger partial charge >= 0.3 is 0 Å². The van der Waals surface area contributed by atoms with Gasteiger partial charge in [0.1, 0.15) is 0 Å². The van der Waals surface area contributed by atoms with Crippen LogP contribution in [0.1, 0.15) is 37.2 Å². The lowest BCUT2D eigenvalue weighted by Crippen LogP contribution is -2.37. The Balaban J connectivity index is 1.97. The molecule has 0 N–H and O–H groups in total. The minimum atomic E-state index is -0.335. The summed E-state index contributed by atoms with van der Waals surface area (Å²) in [6.07, 6.45) is 3.86. The van der Waals surface area contributed by atoms with Gasteiger partial charge in [0.2, 0.25) is 0 Å². The van der Waals surface area contributed by atoms with Gasteiger partial charge in [-0.25, -0.2) is 0 Å². The van der Waals surface area contributed by atoms with Crippen molar-refractivity contribution in [3.63, 3.8) is 0 Å². The number of hydrogen-bond acceptors (Lipinski definition) is 3. The van der Waals surface area contributed by atoms with Crippen molar-refractivity contribution in [3.8, 4) is 0 Å². The van der Waals surface area contributed by atoms with E-state index in [2.05, 4.69) is 23.6 Å². The molecule has 1 fully saturated rings. The fourth-order valence-electron chi connectivity index (χ4n) is 3.03. The molecule has 3 rings (SSSR count). The SMILES string of the molecule is CCc1nn(CC)c2c1CC1(CC2)OCCO1. The molecule has 1 aliphatic heterocycles. The topological polar surface area (TPSA) is 36.3 Å². The third-order valence-corrected chi connectivity index (χ3v) is 3.89. The van der Waals surface area contributed by atoms with E-state index < -0.39 is 0 Å². The van der Waals surface area contributed by atoms with Crippen molar-refractivity contribution in [1.82, 2.24) is 9.78 Å². The first kappa shape index (κ1) is 11.2. The van der Waals surface area contributed by atoms with E-state index in [0.717, 1.165) is 45.4 Å². The number of nitrogens with zero attached hydrogens (tertiary/aromatic N) is 2. The van der Waals surface area contributed by atoms with Gasteiger partial charge in [-0.3, -0.25) is 4.68 Å². The highest BCUT2D eigenvalue weighted by atomic mass is 16.7. The Morgan fingerprint density at radius 2 is 2.06 bits per heavy atom. The molecule has 2 heterocycles. The smallest absolute Gasteiger partial charge is 0.172 e. The van der Waals surface area contributed by atoms with Crippen LogP contribution in [0.4, 0.5) is 0 Å². The molecule has 1 aromatic rings. The summed E-state index contributed by atoms with van der Waals surface area (Å²) in [5.41, 5.74) is 4.00. The first-order valence-corrected chi connectivity index (χ1v) is 6.63. The van der Waals surface area contributed by atoms with Gasteiger partial charge in [0.05, 0.1) is 18.9 Å². The van der Waals surface area contributed by atoms with Gasteiger partial charge in [-0.2, -0.15) is 5.10 Å². The zero-order valence-corrected chi connectivity index (χ0v) is 10.7. The van der Waals surface area contributed by atoms with Crippen molar-refractivity contribution in [2.45, 2.75) is 51.9 Å². The predicted molar refractivity (Wildman–Crippen MR) is 63.9 cm³/mol. The van der Waals surface area contributed by atoms with Crippen LogP contribution in [0.3, 0.4) is 0 Å². The molecular formula is C13H20N2O2. The van der Waals surface area contributed by atoms with E-state index in [-0.39, 0.29) is 5.79 Å². The van der Waals surface area contributed by atoms with Crippen molar-refractivity contribution in [2.24, 2.45) is 0 Å². The molecule has 0 atom stereocenters. The van der Waals surface area contributed by atoms with Crippen molar-refractivity contribution >= 4 is 0 Å². The minimum absolute atomic E-state index is 0.335. The molecule has 0 unspecified atom stereocenters. The molecule has 4 nitrogen and oxygen atoms in total. The van der Waals surface area contributed by atoms with Crippen LogP contribution in [-0.4, -0.2) is 28.8 Å². The van der Waals surface area contributed by atoms with E-state index in [9.17, 15) is 0 Å². The molecule has 0 radical (unpaired) electrons. The van der Waals surface area contributed by atoms with Gasteiger partial charge in [-0.1, -0.05) is 6.92 Å². The standard InChI is InChI=1S/C13H20N2O2/c1-3-11-10-9-13(16-7-8-17-13)6-5-12(10)15(4-2)14-11/h3-9H2,1-2H3. The third-order valence-electron chi connectivity index (χ3n) is 3.89. The molecule has 1 saturated heterocycles. The second-order valence-corrected chi connectivity index (χ2v) is 4.83. The minimum Gasteiger partial charge on any atom is -0.347 e. The van der Waals surface area contributed by atoms with E-state index >= 15 is 0 Å².